The summed E-state index contributed by atoms with van der Waals surface area (Å²) in [5.74, 6) is -2.48. The molecule has 0 radical (unpaired) electrons. The molecule has 1 saturated heterocycles. The van der Waals surface area contributed by atoms with E-state index in [4.69, 9.17) is 0 Å². The molecular weight excluding hydrogens is 428 g/mol. The summed E-state index contributed by atoms with van der Waals surface area (Å²) in [5, 5.41) is 2.92. The first kappa shape index (κ1) is 20.7. The van der Waals surface area contributed by atoms with Gasteiger partial charge in [0, 0.05) is 36.1 Å². The first-order valence-corrected chi connectivity index (χ1v) is 10.1. The Kier molecular flexibility index (Phi) is 6.03. The van der Waals surface area contributed by atoms with Crippen LogP contribution in [0, 0.1) is 20.8 Å². The summed E-state index contributed by atoms with van der Waals surface area (Å²) in [7, 11) is 0. The molecule has 0 saturated carbocycles. The molecular formula is C21H24BrF2N3O. The lowest BCUT2D eigenvalue weighted by Crippen LogP contribution is -2.30. The number of carbonyl (C=O) groups excluding carboxylic acids is 1. The Morgan fingerprint density at radius 2 is 1.96 bits per heavy atom. The minimum atomic E-state index is -2.67. The van der Waals surface area contributed by atoms with Crippen LogP contribution in [0.1, 0.15) is 46.4 Å². The summed E-state index contributed by atoms with van der Waals surface area (Å²) in [6, 6.07) is 7.53. The van der Waals surface area contributed by atoms with Gasteiger partial charge in [0.15, 0.2) is 0 Å². The largest absolute Gasteiger partial charge is 0.356 e. The van der Waals surface area contributed by atoms with Crippen molar-refractivity contribution in [3.63, 3.8) is 0 Å². The van der Waals surface area contributed by atoms with E-state index >= 15 is 0 Å². The molecule has 150 valence electrons. The Morgan fingerprint density at radius 1 is 1.21 bits per heavy atom. The van der Waals surface area contributed by atoms with Crippen LogP contribution in [0.4, 0.5) is 20.3 Å². The van der Waals surface area contributed by atoms with Crippen LogP contribution < -0.4 is 10.2 Å². The normalized spacial score (nSPS) is 16.6. The Morgan fingerprint density at radius 3 is 2.68 bits per heavy atom. The second-order valence-corrected chi connectivity index (χ2v) is 8.15. The average Bonchev–Trinajstić information content (AvgIpc) is 2.80. The maximum atomic E-state index is 13.8. The van der Waals surface area contributed by atoms with Crippen molar-refractivity contribution in [1.82, 2.24) is 4.98 Å². The number of anilines is 2. The second-order valence-electron chi connectivity index (χ2n) is 7.35. The third-order valence-electron chi connectivity index (χ3n) is 5.04. The molecule has 2 heterocycles. The van der Waals surface area contributed by atoms with E-state index in [1.54, 1.807) is 0 Å². The number of nitrogens with zero attached hydrogens (tertiary/aromatic N) is 2. The standard InChI is InChI=1S/C21H24BrF2N3O/c1-13-6-4-7-16(12-13)26-20(28)17-14(2)18(22)15(3)25-19(17)27-10-5-8-21(23,24)9-11-27/h4,6-7,12H,5,8-11H2,1-3H3,(H,26,28). The van der Waals surface area contributed by atoms with Crippen molar-refractivity contribution in [3.8, 4) is 0 Å². The van der Waals surface area contributed by atoms with Crippen molar-refractivity contribution in [1.29, 1.82) is 0 Å². The van der Waals surface area contributed by atoms with Gasteiger partial charge in [-0.15, -0.1) is 0 Å². The zero-order valence-electron chi connectivity index (χ0n) is 16.3. The van der Waals surface area contributed by atoms with E-state index < -0.39 is 5.92 Å². The van der Waals surface area contributed by atoms with Crippen molar-refractivity contribution in [2.24, 2.45) is 0 Å². The summed E-state index contributed by atoms with van der Waals surface area (Å²) in [6.07, 6.45) is -0.00757. The molecule has 0 bridgehead atoms. The van der Waals surface area contributed by atoms with Gasteiger partial charge in [0.05, 0.1) is 11.3 Å². The Hall–Kier alpha value is -2.02. The number of rotatable bonds is 3. The van der Waals surface area contributed by atoms with Crippen LogP contribution >= 0.6 is 15.9 Å². The van der Waals surface area contributed by atoms with Crippen LogP contribution in [0.15, 0.2) is 28.7 Å². The number of pyridine rings is 1. The van der Waals surface area contributed by atoms with Crippen LogP contribution in [0.3, 0.4) is 0 Å². The van der Waals surface area contributed by atoms with Gasteiger partial charge in [0.2, 0.25) is 5.92 Å². The maximum Gasteiger partial charge on any atom is 0.259 e. The highest BCUT2D eigenvalue weighted by Gasteiger charge is 2.33. The van der Waals surface area contributed by atoms with Gasteiger partial charge in [-0.05, 0) is 66.4 Å². The molecule has 1 aliphatic rings. The second kappa shape index (κ2) is 8.15. The summed E-state index contributed by atoms with van der Waals surface area (Å²) in [5.41, 5.74) is 3.63. The number of alkyl halides is 2. The van der Waals surface area contributed by atoms with Crippen molar-refractivity contribution >= 4 is 33.3 Å². The summed E-state index contributed by atoms with van der Waals surface area (Å²) < 4.78 is 28.4. The summed E-state index contributed by atoms with van der Waals surface area (Å²) in [4.78, 5) is 19.6. The fourth-order valence-electron chi connectivity index (χ4n) is 3.51. The topological polar surface area (TPSA) is 45.2 Å². The molecule has 7 heteroatoms. The fourth-order valence-corrected chi connectivity index (χ4v) is 3.79. The highest BCUT2D eigenvalue weighted by atomic mass is 79.9. The lowest BCUT2D eigenvalue weighted by molar-refractivity contribution is -0.0102. The van der Waals surface area contributed by atoms with E-state index in [-0.39, 0.29) is 25.3 Å². The Balaban J connectivity index is 1.99. The summed E-state index contributed by atoms with van der Waals surface area (Å²) >= 11 is 3.51. The van der Waals surface area contributed by atoms with Gasteiger partial charge in [-0.2, -0.15) is 0 Å². The molecule has 0 spiro atoms. The van der Waals surface area contributed by atoms with Gasteiger partial charge in [0.1, 0.15) is 5.82 Å². The molecule has 1 fully saturated rings. The van der Waals surface area contributed by atoms with Crippen molar-refractivity contribution in [2.45, 2.75) is 46.0 Å². The van der Waals surface area contributed by atoms with Crippen LogP contribution in [-0.4, -0.2) is 29.9 Å². The van der Waals surface area contributed by atoms with Crippen LogP contribution in [-0.2, 0) is 0 Å². The average molecular weight is 452 g/mol. The van der Waals surface area contributed by atoms with Gasteiger partial charge in [-0.25, -0.2) is 13.8 Å². The van der Waals surface area contributed by atoms with E-state index in [2.05, 4.69) is 26.2 Å². The highest BCUT2D eigenvalue weighted by molar-refractivity contribution is 9.10. The molecule has 28 heavy (non-hydrogen) atoms. The zero-order valence-corrected chi connectivity index (χ0v) is 17.9. The SMILES string of the molecule is Cc1cccc(NC(=O)c2c(N3CCCC(F)(F)CC3)nc(C)c(Br)c2C)c1. The predicted octanol–water partition coefficient (Wildman–Crippen LogP) is 5.65. The minimum absolute atomic E-state index is 0.136. The Labute approximate surface area is 172 Å². The van der Waals surface area contributed by atoms with Crippen molar-refractivity contribution < 1.29 is 13.6 Å². The van der Waals surface area contributed by atoms with E-state index in [0.29, 0.717) is 30.0 Å². The van der Waals surface area contributed by atoms with Crippen LogP contribution in [0.25, 0.3) is 0 Å². The lowest BCUT2D eigenvalue weighted by Gasteiger charge is -2.26. The van der Waals surface area contributed by atoms with Crippen molar-refractivity contribution in [3.05, 3.63) is 51.1 Å². The van der Waals surface area contributed by atoms with Gasteiger partial charge in [-0.3, -0.25) is 4.79 Å². The smallest absolute Gasteiger partial charge is 0.259 e. The third-order valence-corrected chi connectivity index (χ3v) is 6.21. The van der Waals surface area contributed by atoms with Gasteiger partial charge in [0.25, 0.3) is 5.91 Å². The highest BCUT2D eigenvalue weighted by Crippen LogP contribution is 2.34. The van der Waals surface area contributed by atoms with Crippen LogP contribution in [0.2, 0.25) is 0 Å². The molecule has 0 unspecified atom stereocenters. The number of nitrogens with one attached hydrogen (secondary N) is 1. The molecule has 1 amide bonds. The molecule has 1 aromatic heterocycles. The number of hydrogen-bond donors (Lipinski definition) is 1. The molecule has 4 nitrogen and oxygen atoms in total. The number of aryl methyl sites for hydroxylation is 2. The molecule has 0 atom stereocenters. The molecule has 1 aliphatic heterocycles. The van der Waals surface area contributed by atoms with Gasteiger partial charge in [-0.1, -0.05) is 12.1 Å². The lowest BCUT2D eigenvalue weighted by atomic mass is 10.1. The number of carbonyl (C=O) groups is 1. The number of halogens is 3. The summed E-state index contributed by atoms with van der Waals surface area (Å²) in [6.45, 7) is 6.27. The quantitative estimate of drug-likeness (QED) is 0.655. The van der Waals surface area contributed by atoms with Crippen molar-refractivity contribution in [2.75, 3.05) is 23.3 Å². The number of amides is 1. The number of benzene rings is 1. The molecule has 1 aromatic carbocycles. The molecule has 0 aliphatic carbocycles. The third kappa shape index (κ3) is 4.51. The van der Waals surface area contributed by atoms with E-state index in [1.165, 1.54) is 0 Å². The zero-order chi connectivity index (χ0) is 20.5. The molecule has 2 aromatic rings. The Bertz CT molecular complexity index is 901. The fraction of sp³-hybridized carbons (Fsp3) is 0.429. The first-order chi connectivity index (χ1) is 13.2. The predicted molar refractivity (Wildman–Crippen MR) is 112 cm³/mol. The maximum absolute atomic E-state index is 13.8. The van der Waals surface area contributed by atoms with Gasteiger partial charge < -0.3 is 10.2 Å². The van der Waals surface area contributed by atoms with Gasteiger partial charge >= 0.3 is 0 Å². The van der Waals surface area contributed by atoms with E-state index in [1.807, 2.05) is 49.9 Å². The minimum Gasteiger partial charge on any atom is -0.356 e. The first-order valence-electron chi connectivity index (χ1n) is 9.35. The molecule has 3 rings (SSSR count). The number of aromatic nitrogens is 1. The number of hydrogen-bond acceptors (Lipinski definition) is 3. The van der Waals surface area contributed by atoms with Crippen LogP contribution in [0.5, 0.6) is 0 Å². The monoisotopic (exact) mass is 451 g/mol. The van der Waals surface area contributed by atoms with E-state index in [9.17, 15) is 13.6 Å². The van der Waals surface area contributed by atoms with E-state index in [0.717, 1.165) is 21.3 Å². The molecule has 1 N–H and O–H groups in total.